The van der Waals surface area contributed by atoms with Gasteiger partial charge < -0.3 is 9.64 Å². The molecule has 17 heavy (non-hydrogen) atoms. The second-order valence-electron chi connectivity index (χ2n) is 4.06. The molecule has 1 saturated heterocycles. The Morgan fingerprint density at radius 3 is 2.59 bits per heavy atom. The molecular formula is C12H13F2NO2. The van der Waals surface area contributed by atoms with E-state index in [0.717, 1.165) is 0 Å². The summed E-state index contributed by atoms with van der Waals surface area (Å²) in [6.45, 7) is 0.442. The van der Waals surface area contributed by atoms with Crippen molar-refractivity contribution in [3.8, 4) is 5.75 Å². The molecule has 0 saturated carbocycles. The minimum absolute atomic E-state index is 0.0234. The fourth-order valence-corrected chi connectivity index (χ4v) is 1.64. The van der Waals surface area contributed by atoms with Crippen LogP contribution in [0.1, 0.15) is 0 Å². The fraction of sp³-hybridized carbons (Fsp3) is 0.417. The lowest BCUT2D eigenvalue weighted by Crippen LogP contribution is -2.52. The Morgan fingerprint density at radius 2 is 2.00 bits per heavy atom. The first kappa shape index (κ1) is 11.8. The van der Waals surface area contributed by atoms with E-state index in [4.69, 9.17) is 4.74 Å². The minimum atomic E-state index is -0.386. The van der Waals surface area contributed by atoms with Crippen molar-refractivity contribution in [2.45, 2.75) is 0 Å². The van der Waals surface area contributed by atoms with Crippen molar-refractivity contribution < 1.29 is 18.3 Å². The quantitative estimate of drug-likeness (QED) is 0.802. The molecule has 92 valence electrons. The smallest absolute Gasteiger partial charge is 0.260 e. The molecule has 2 rings (SSSR count). The fourth-order valence-electron chi connectivity index (χ4n) is 1.64. The molecule has 0 bridgehead atoms. The van der Waals surface area contributed by atoms with Crippen LogP contribution in [-0.4, -0.2) is 37.2 Å². The van der Waals surface area contributed by atoms with Crippen LogP contribution in [0, 0.1) is 11.7 Å². The Kier molecular flexibility index (Phi) is 3.56. The number of ether oxygens (including phenoxy) is 1. The second-order valence-corrected chi connectivity index (χ2v) is 4.06. The van der Waals surface area contributed by atoms with Gasteiger partial charge in [0.05, 0.1) is 6.67 Å². The van der Waals surface area contributed by atoms with Gasteiger partial charge in [0.2, 0.25) is 0 Å². The van der Waals surface area contributed by atoms with Crippen LogP contribution < -0.4 is 4.74 Å². The number of hydrogen-bond acceptors (Lipinski definition) is 2. The molecule has 1 amide bonds. The zero-order valence-electron chi connectivity index (χ0n) is 9.23. The van der Waals surface area contributed by atoms with Gasteiger partial charge in [-0.05, 0) is 24.3 Å². The predicted octanol–water partition coefficient (Wildman–Crippen LogP) is 1.63. The molecule has 1 heterocycles. The largest absolute Gasteiger partial charge is 0.484 e. The molecule has 3 nitrogen and oxygen atoms in total. The molecule has 1 aromatic carbocycles. The molecule has 1 aromatic rings. The number of halogens is 2. The van der Waals surface area contributed by atoms with Crippen LogP contribution in [0.15, 0.2) is 24.3 Å². The van der Waals surface area contributed by atoms with Crippen LogP contribution in [-0.2, 0) is 4.79 Å². The second kappa shape index (κ2) is 5.12. The Bertz CT molecular complexity index is 388. The topological polar surface area (TPSA) is 29.5 Å². The van der Waals surface area contributed by atoms with Crippen LogP contribution >= 0.6 is 0 Å². The molecular weight excluding hydrogens is 228 g/mol. The van der Waals surface area contributed by atoms with Gasteiger partial charge >= 0.3 is 0 Å². The molecule has 0 N–H and O–H groups in total. The van der Waals surface area contributed by atoms with Crippen LogP contribution in [0.25, 0.3) is 0 Å². The average Bonchev–Trinajstić information content (AvgIpc) is 2.27. The van der Waals surface area contributed by atoms with Crippen LogP contribution in [0.4, 0.5) is 8.78 Å². The van der Waals surface area contributed by atoms with E-state index in [1.54, 1.807) is 4.90 Å². The highest BCUT2D eigenvalue weighted by molar-refractivity contribution is 5.78. The number of amides is 1. The van der Waals surface area contributed by atoms with Crippen molar-refractivity contribution in [3.05, 3.63) is 30.1 Å². The Hall–Kier alpha value is -1.65. The van der Waals surface area contributed by atoms with Gasteiger partial charge in [0.25, 0.3) is 5.91 Å². The van der Waals surface area contributed by atoms with Crippen molar-refractivity contribution in [2.24, 2.45) is 5.92 Å². The maximum absolute atomic E-state index is 12.6. The first-order chi connectivity index (χ1) is 8.19. The zero-order chi connectivity index (χ0) is 12.3. The summed E-state index contributed by atoms with van der Waals surface area (Å²) in [6.07, 6.45) is 0. The number of carbonyl (C=O) groups excluding carboxylic acids is 1. The first-order valence-electron chi connectivity index (χ1n) is 5.41. The van der Waals surface area contributed by atoms with Gasteiger partial charge in [-0.3, -0.25) is 9.18 Å². The summed E-state index contributed by atoms with van der Waals surface area (Å²) >= 11 is 0. The standard InChI is InChI=1S/C12H13F2NO2/c13-5-9-6-15(7-9)12(16)8-17-11-3-1-10(14)2-4-11/h1-4,9H,5-8H2. The van der Waals surface area contributed by atoms with E-state index < -0.39 is 0 Å². The van der Waals surface area contributed by atoms with E-state index in [1.807, 2.05) is 0 Å². The highest BCUT2D eigenvalue weighted by Gasteiger charge is 2.30. The lowest BCUT2D eigenvalue weighted by atomic mass is 10.0. The first-order valence-corrected chi connectivity index (χ1v) is 5.41. The summed E-state index contributed by atoms with van der Waals surface area (Å²) < 4.78 is 29.9. The Labute approximate surface area is 98.0 Å². The number of benzene rings is 1. The zero-order valence-corrected chi connectivity index (χ0v) is 9.23. The summed E-state index contributed by atoms with van der Waals surface area (Å²) in [5.41, 5.74) is 0. The molecule has 0 radical (unpaired) electrons. The van der Waals surface area contributed by atoms with Crippen LogP contribution in [0.5, 0.6) is 5.75 Å². The van der Waals surface area contributed by atoms with Crippen molar-refractivity contribution in [1.29, 1.82) is 0 Å². The monoisotopic (exact) mass is 241 g/mol. The summed E-state index contributed by atoms with van der Waals surface area (Å²) in [4.78, 5) is 13.1. The highest BCUT2D eigenvalue weighted by atomic mass is 19.1. The molecule has 0 unspecified atom stereocenters. The van der Waals surface area contributed by atoms with Gasteiger partial charge in [-0.2, -0.15) is 0 Å². The summed E-state index contributed by atoms with van der Waals surface area (Å²) in [5.74, 6) is -0.0941. The normalized spacial score (nSPS) is 15.5. The van der Waals surface area contributed by atoms with E-state index in [0.29, 0.717) is 18.8 Å². The maximum Gasteiger partial charge on any atom is 0.260 e. The average molecular weight is 241 g/mol. The van der Waals surface area contributed by atoms with Crippen molar-refractivity contribution in [2.75, 3.05) is 26.4 Å². The third-order valence-corrected chi connectivity index (χ3v) is 2.70. The number of hydrogen-bond donors (Lipinski definition) is 0. The third-order valence-electron chi connectivity index (χ3n) is 2.70. The molecule has 0 atom stereocenters. The summed E-state index contributed by atoms with van der Waals surface area (Å²) in [6, 6.07) is 5.46. The number of carbonyl (C=O) groups is 1. The SMILES string of the molecule is O=C(COc1ccc(F)cc1)N1CC(CF)C1. The van der Waals surface area contributed by atoms with Crippen molar-refractivity contribution >= 4 is 5.91 Å². The number of likely N-dealkylation sites (tertiary alicyclic amines) is 1. The number of alkyl halides is 1. The van der Waals surface area contributed by atoms with Gasteiger partial charge in [0.15, 0.2) is 6.61 Å². The highest BCUT2D eigenvalue weighted by Crippen LogP contribution is 2.16. The Balaban J connectivity index is 1.75. The van der Waals surface area contributed by atoms with Crippen molar-refractivity contribution in [1.82, 2.24) is 4.90 Å². The summed E-state index contributed by atoms with van der Waals surface area (Å²) in [5, 5.41) is 0. The van der Waals surface area contributed by atoms with E-state index in [9.17, 15) is 13.6 Å². The van der Waals surface area contributed by atoms with Gasteiger partial charge in [0.1, 0.15) is 11.6 Å². The Morgan fingerprint density at radius 1 is 1.35 bits per heavy atom. The van der Waals surface area contributed by atoms with E-state index in [2.05, 4.69) is 0 Å². The molecule has 0 aromatic heterocycles. The van der Waals surface area contributed by atoms with Gasteiger partial charge in [0, 0.05) is 19.0 Å². The van der Waals surface area contributed by atoms with E-state index in [-0.39, 0.29) is 30.9 Å². The number of nitrogens with zero attached hydrogens (tertiary/aromatic N) is 1. The minimum Gasteiger partial charge on any atom is -0.484 e. The summed E-state index contributed by atoms with van der Waals surface area (Å²) in [7, 11) is 0. The lowest BCUT2D eigenvalue weighted by molar-refractivity contribution is -0.140. The van der Waals surface area contributed by atoms with Crippen LogP contribution in [0.3, 0.4) is 0 Å². The maximum atomic E-state index is 12.6. The van der Waals surface area contributed by atoms with E-state index in [1.165, 1.54) is 24.3 Å². The van der Waals surface area contributed by atoms with Crippen molar-refractivity contribution in [3.63, 3.8) is 0 Å². The molecule has 0 aliphatic carbocycles. The molecule has 5 heteroatoms. The van der Waals surface area contributed by atoms with Crippen LogP contribution in [0.2, 0.25) is 0 Å². The van der Waals surface area contributed by atoms with Gasteiger partial charge in [-0.15, -0.1) is 0 Å². The van der Waals surface area contributed by atoms with E-state index >= 15 is 0 Å². The third kappa shape index (κ3) is 2.93. The molecule has 1 aliphatic heterocycles. The van der Waals surface area contributed by atoms with Gasteiger partial charge in [-0.25, -0.2) is 4.39 Å². The lowest BCUT2D eigenvalue weighted by Gasteiger charge is -2.37. The molecule has 1 fully saturated rings. The number of rotatable bonds is 4. The molecule has 0 spiro atoms. The predicted molar refractivity (Wildman–Crippen MR) is 57.9 cm³/mol. The van der Waals surface area contributed by atoms with Gasteiger partial charge in [-0.1, -0.05) is 0 Å². The molecule has 1 aliphatic rings.